The number of fused-ring (bicyclic) bond motifs is 10. The van der Waals surface area contributed by atoms with Crippen molar-refractivity contribution in [1.29, 1.82) is 0 Å². The molecule has 2 heterocycles. The maximum atomic E-state index is 2.49. The van der Waals surface area contributed by atoms with Gasteiger partial charge in [0.1, 0.15) is 0 Å². The van der Waals surface area contributed by atoms with Crippen LogP contribution in [0.3, 0.4) is 0 Å². The zero-order valence-corrected chi connectivity index (χ0v) is 28.6. The normalized spacial score (nSPS) is 12.0. The molecular weight excluding hydrogens is 641 g/mol. The minimum atomic E-state index is 1.24. The van der Waals surface area contributed by atoms with Crippen LogP contribution in [0.2, 0.25) is 0 Å². The van der Waals surface area contributed by atoms with Gasteiger partial charge in [0.25, 0.3) is 0 Å². The van der Waals surface area contributed by atoms with Crippen molar-refractivity contribution in [3.05, 3.63) is 170 Å². The van der Waals surface area contributed by atoms with Crippen LogP contribution in [-0.2, 0) is 0 Å². The molecule has 232 valence electrons. The minimum Gasteiger partial charge on any atom is -0.134 e. The highest BCUT2D eigenvalue weighted by Gasteiger charge is 2.21. The van der Waals surface area contributed by atoms with E-state index in [9.17, 15) is 0 Å². The summed E-state index contributed by atoms with van der Waals surface area (Å²) in [6, 6.07) is 63.0. The van der Waals surface area contributed by atoms with E-state index in [1.165, 1.54) is 106 Å². The fourth-order valence-corrected chi connectivity index (χ4v) is 10.9. The number of thiophene rings is 2. The zero-order chi connectivity index (χ0) is 32.8. The fourth-order valence-electron chi connectivity index (χ4n) is 8.30. The molecule has 0 amide bonds. The van der Waals surface area contributed by atoms with Crippen molar-refractivity contribution in [2.75, 3.05) is 0 Å². The Kier molecular flexibility index (Phi) is 6.09. The van der Waals surface area contributed by atoms with Crippen LogP contribution in [0.4, 0.5) is 0 Å². The van der Waals surface area contributed by atoms with Gasteiger partial charge in [0.15, 0.2) is 0 Å². The Morgan fingerprint density at radius 3 is 1.52 bits per heavy atom. The minimum absolute atomic E-state index is 1.24. The SMILES string of the molecule is c1ccc(-c2c3ccccc3c(-c3cc(-c4cc5c6ccccc6sc5c5sc6ccccc6c45)cc4ccccc34)c3ccccc23)cc1. The van der Waals surface area contributed by atoms with Crippen LogP contribution < -0.4 is 0 Å². The summed E-state index contributed by atoms with van der Waals surface area (Å²) < 4.78 is 5.45. The van der Waals surface area contributed by atoms with E-state index in [4.69, 9.17) is 0 Å². The molecule has 11 rings (SSSR count). The van der Waals surface area contributed by atoms with Crippen molar-refractivity contribution in [3.8, 4) is 33.4 Å². The molecule has 0 saturated heterocycles. The predicted octanol–water partition coefficient (Wildman–Crippen LogP) is 14.9. The molecule has 0 N–H and O–H groups in total. The molecule has 0 saturated carbocycles. The summed E-state index contributed by atoms with van der Waals surface area (Å²) in [5.41, 5.74) is 7.66. The van der Waals surface area contributed by atoms with Crippen LogP contribution in [0.5, 0.6) is 0 Å². The van der Waals surface area contributed by atoms with Gasteiger partial charge < -0.3 is 0 Å². The van der Waals surface area contributed by atoms with Crippen LogP contribution in [0.25, 0.3) is 106 Å². The molecule has 0 unspecified atom stereocenters. The number of hydrogen-bond donors (Lipinski definition) is 0. The fraction of sp³-hybridized carbons (Fsp3) is 0. The summed E-state index contributed by atoms with van der Waals surface area (Å²) in [7, 11) is 0. The smallest absolute Gasteiger partial charge is 0.0540 e. The molecule has 0 fully saturated rings. The molecule has 2 heteroatoms. The van der Waals surface area contributed by atoms with E-state index in [2.05, 4.69) is 170 Å². The molecule has 0 spiro atoms. The maximum Gasteiger partial charge on any atom is 0.0540 e. The molecular formula is C48H28S2. The van der Waals surface area contributed by atoms with E-state index in [1.54, 1.807) is 0 Å². The van der Waals surface area contributed by atoms with Crippen LogP contribution in [0.1, 0.15) is 0 Å². The Bertz CT molecular complexity index is 3080. The molecule has 0 nitrogen and oxygen atoms in total. The molecule has 9 aromatic carbocycles. The third-order valence-electron chi connectivity index (χ3n) is 10.4. The summed E-state index contributed by atoms with van der Waals surface area (Å²) in [4.78, 5) is 0. The van der Waals surface area contributed by atoms with E-state index in [0.717, 1.165) is 0 Å². The van der Waals surface area contributed by atoms with Crippen molar-refractivity contribution in [2.24, 2.45) is 0 Å². The topological polar surface area (TPSA) is 0 Å². The van der Waals surface area contributed by atoms with Gasteiger partial charge in [-0.25, -0.2) is 0 Å². The standard InChI is InChI=1S/C48H28S2/c1-2-14-29(15-3-1)44-34-19-6-8-21-36(34)45(37-22-9-7-20-35(37)44)40-27-31(26-30-16-4-5-17-32(30)40)39-28-41-33-18-10-12-24-42(33)49-47(41)48-46(39)38-23-11-13-25-43(38)50-48/h1-28H. The van der Waals surface area contributed by atoms with Gasteiger partial charge in [-0.15, -0.1) is 22.7 Å². The third kappa shape index (κ3) is 4.04. The van der Waals surface area contributed by atoms with Crippen LogP contribution in [-0.4, -0.2) is 0 Å². The molecule has 0 aliphatic heterocycles. The van der Waals surface area contributed by atoms with Gasteiger partial charge in [-0.2, -0.15) is 0 Å². The maximum absolute atomic E-state index is 2.49. The largest absolute Gasteiger partial charge is 0.134 e. The van der Waals surface area contributed by atoms with Crippen molar-refractivity contribution in [3.63, 3.8) is 0 Å². The van der Waals surface area contributed by atoms with E-state index in [-0.39, 0.29) is 0 Å². The Morgan fingerprint density at radius 2 is 0.820 bits per heavy atom. The van der Waals surface area contributed by atoms with Crippen molar-refractivity contribution >= 4 is 95.3 Å². The second kappa shape index (κ2) is 10.9. The third-order valence-corrected chi connectivity index (χ3v) is 13.0. The molecule has 50 heavy (non-hydrogen) atoms. The second-order valence-electron chi connectivity index (χ2n) is 13.2. The van der Waals surface area contributed by atoms with Gasteiger partial charge in [-0.05, 0) is 96.0 Å². The lowest BCUT2D eigenvalue weighted by atomic mass is 9.83. The number of benzene rings is 9. The van der Waals surface area contributed by atoms with E-state index < -0.39 is 0 Å². The van der Waals surface area contributed by atoms with Gasteiger partial charge >= 0.3 is 0 Å². The van der Waals surface area contributed by atoms with Gasteiger partial charge in [0.2, 0.25) is 0 Å². The molecule has 0 bridgehead atoms. The van der Waals surface area contributed by atoms with Crippen molar-refractivity contribution in [1.82, 2.24) is 0 Å². The molecule has 0 aliphatic rings. The first kappa shape index (κ1) is 28.1. The Morgan fingerprint density at radius 1 is 0.300 bits per heavy atom. The summed E-state index contributed by atoms with van der Waals surface area (Å²) in [5.74, 6) is 0. The summed E-state index contributed by atoms with van der Waals surface area (Å²) in [6.45, 7) is 0. The van der Waals surface area contributed by atoms with E-state index in [1.807, 2.05) is 22.7 Å². The molecule has 11 aromatic rings. The molecule has 0 atom stereocenters. The highest BCUT2D eigenvalue weighted by molar-refractivity contribution is 7.33. The lowest BCUT2D eigenvalue weighted by Gasteiger charge is -2.20. The van der Waals surface area contributed by atoms with Gasteiger partial charge in [-0.3, -0.25) is 0 Å². The Balaban J connectivity index is 1.30. The number of hydrogen-bond acceptors (Lipinski definition) is 2. The number of rotatable bonds is 3. The summed E-state index contributed by atoms with van der Waals surface area (Å²) in [5, 5.41) is 13.0. The lowest BCUT2D eigenvalue weighted by Crippen LogP contribution is -1.92. The van der Waals surface area contributed by atoms with Crippen LogP contribution >= 0.6 is 22.7 Å². The molecule has 2 aromatic heterocycles. The quantitative estimate of drug-likeness (QED) is 0.164. The van der Waals surface area contributed by atoms with Gasteiger partial charge in [0.05, 0.1) is 9.40 Å². The molecule has 0 radical (unpaired) electrons. The first-order valence-electron chi connectivity index (χ1n) is 17.1. The highest BCUT2D eigenvalue weighted by atomic mass is 32.1. The van der Waals surface area contributed by atoms with E-state index >= 15 is 0 Å². The van der Waals surface area contributed by atoms with E-state index in [0.29, 0.717) is 0 Å². The second-order valence-corrected chi connectivity index (χ2v) is 15.3. The lowest BCUT2D eigenvalue weighted by molar-refractivity contribution is 1.66. The van der Waals surface area contributed by atoms with Crippen molar-refractivity contribution in [2.45, 2.75) is 0 Å². The first-order valence-corrected chi connectivity index (χ1v) is 18.7. The summed E-state index contributed by atoms with van der Waals surface area (Å²) >= 11 is 3.86. The Labute approximate surface area is 297 Å². The molecule has 0 aliphatic carbocycles. The van der Waals surface area contributed by atoms with Crippen LogP contribution in [0, 0.1) is 0 Å². The monoisotopic (exact) mass is 668 g/mol. The average Bonchev–Trinajstić information content (AvgIpc) is 3.76. The van der Waals surface area contributed by atoms with Gasteiger partial charge in [-0.1, -0.05) is 140 Å². The summed E-state index contributed by atoms with van der Waals surface area (Å²) in [6.07, 6.45) is 0. The highest BCUT2D eigenvalue weighted by Crippen LogP contribution is 2.51. The predicted molar refractivity (Wildman–Crippen MR) is 221 cm³/mol. The van der Waals surface area contributed by atoms with Gasteiger partial charge in [0, 0.05) is 30.9 Å². The first-order chi connectivity index (χ1) is 24.8. The van der Waals surface area contributed by atoms with Crippen LogP contribution in [0.15, 0.2) is 170 Å². The zero-order valence-electron chi connectivity index (χ0n) is 27.0. The van der Waals surface area contributed by atoms with Crippen molar-refractivity contribution < 1.29 is 0 Å². The average molecular weight is 669 g/mol. The Hall–Kier alpha value is -5.80.